The van der Waals surface area contributed by atoms with Crippen LogP contribution in [0.1, 0.15) is 25.7 Å². The number of hydrogen-bond donors (Lipinski definition) is 1. The minimum absolute atomic E-state index is 0.173. The lowest BCUT2D eigenvalue weighted by Crippen LogP contribution is -2.26. The molecule has 0 aromatic heterocycles. The minimum Gasteiger partial charge on any atom is -0.481 e. The number of carboxylic acid groups (broad SMARTS) is 1. The fourth-order valence-electron chi connectivity index (χ4n) is 1.64. The molecule has 13 heavy (non-hydrogen) atoms. The SMILES string of the molecule is C#CCOC1CCC(C(=O)O)CC1. The molecular formula is C10H14O3. The van der Waals surface area contributed by atoms with Gasteiger partial charge in [0.05, 0.1) is 12.0 Å². The van der Waals surface area contributed by atoms with Gasteiger partial charge in [0.15, 0.2) is 0 Å². The van der Waals surface area contributed by atoms with Crippen molar-refractivity contribution in [3.63, 3.8) is 0 Å². The first kappa shape index (κ1) is 10.1. The largest absolute Gasteiger partial charge is 0.481 e. The van der Waals surface area contributed by atoms with Crippen molar-refractivity contribution in [3.05, 3.63) is 0 Å². The minimum atomic E-state index is -0.685. The van der Waals surface area contributed by atoms with E-state index in [4.69, 9.17) is 16.3 Å². The molecule has 0 saturated heterocycles. The number of ether oxygens (including phenoxy) is 1. The highest BCUT2D eigenvalue weighted by molar-refractivity contribution is 5.69. The van der Waals surface area contributed by atoms with Crippen LogP contribution in [0.2, 0.25) is 0 Å². The molecule has 0 heterocycles. The molecule has 1 rings (SSSR count). The third-order valence-electron chi connectivity index (χ3n) is 2.43. The molecule has 72 valence electrons. The van der Waals surface area contributed by atoms with Gasteiger partial charge in [-0.1, -0.05) is 5.92 Å². The van der Waals surface area contributed by atoms with Gasteiger partial charge in [0.2, 0.25) is 0 Å². The van der Waals surface area contributed by atoms with Crippen molar-refractivity contribution < 1.29 is 14.6 Å². The van der Waals surface area contributed by atoms with Crippen LogP contribution in [0.25, 0.3) is 0 Å². The molecule has 0 spiro atoms. The average Bonchev–Trinajstić information content (AvgIpc) is 2.15. The highest BCUT2D eigenvalue weighted by atomic mass is 16.5. The topological polar surface area (TPSA) is 46.5 Å². The van der Waals surface area contributed by atoms with E-state index < -0.39 is 5.97 Å². The zero-order valence-corrected chi connectivity index (χ0v) is 7.53. The molecule has 0 atom stereocenters. The molecule has 0 aromatic rings. The first-order valence-corrected chi connectivity index (χ1v) is 4.52. The maximum atomic E-state index is 10.6. The summed E-state index contributed by atoms with van der Waals surface area (Å²) in [6.07, 6.45) is 8.29. The standard InChI is InChI=1S/C10H14O3/c1-2-7-13-9-5-3-8(4-6-9)10(11)12/h1,8-9H,3-7H2,(H,11,12). The van der Waals surface area contributed by atoms with Crippen molar-refractivity contribution in [2.75, 3.05) is 6.61 Å². The quantitative estimate of drug-likeness (QED) is 0.669. The zero-order chi connectivity index (χ0) is 9.68. The van der Waals surface area contributed by atoms with Crippen LogP contribution in [0.5, 0.6) is 0 Å². The second-order valence-electron chi connectivity index (χ2n) is 3.33. The average molecular weight is 182 g/mol. The molecule has 1 saturated carbocycles. The van der Waals surface area contributed by atoms with E-state index in [9.17, 15) is 4.79 Å². The van der Waals surface area contributed by atoms with Gasteiger partial charge in [-0.25, -0.2) is 0 Å². The number of terminal acetylenes is 1. The highest BCUT2D eigenvalue weighted by Gasteiger charge is 2.25. The number of hydrogen-bond acceptors (Lipinski definition) is 2. The Labute approximate surface area is 78.1 Å². The molecule has 0 radical (unpaired) electrons. The summed E-state index contributed by atoms with van der Waals surface area (Å²) in [6, 6.07) is 0. The van der Waals surface area contributed by atoms with Crippen LogP contribution in [-0.2, 0) is 9.53 Å². The molecule has 0 amide bonds. The van der Waals surface area contributed by atoms with Crippen molar-refractivity contribution in [2.45, 2.75) is 31.8 Å². The summed E-state index contributed by atoms with van der Waals surface area (Å²) in [7, 11) is 0. The van der Waals surface area contributed by atoms with Crippen molar-refractivity contribution in [1.29, 1.82) is 0 Å². The summed E-state index contributed by atoms with van der Waals surface area (Å²) in [5.41, 5.74) is 0. The smallest absolute Gasteiger partial charge is 0.306 e. The number of rotatable bonds is 3. The van der Waals surface area contributed by atoms with Crippen molar-refractivity contribution in [3.8, 4) is 12.3 Å². The van der Waals surface area contributed by atoms with Gasteiger partial charge in [-0.3, -0.25) is 4.79 Å². The Hall–Kier alpha value is -1.01. The maximum absolute atomic E-state index is 10.6. The lowest BCUT2D eigenvalue weighted by Gasteiger charge is -2.25. The van der Waals surface area contributed by atoms with Crippen molar-refractivity contribution >= 4 is 5.97 Å². The molecule has 1 N–H and O–H groups in total. The third kappa shape index (κ3) is 3.08. The fraction of sp³-hybridized carbons (Fsp3) is 0.700. The van der Waals surface area contributed by atoms with E-state index >= 15 is 0 Å². The molecular weight excluding hydrogens is 168 g/mol. The Bertz CT molecular complexity index is 209. The van der Waals surface area contributed by atoms with Crippen LogP contribution < -0.4 is 0 Å². The molecule has 3 heteroatoms. The Balaban J connectivity index is 2.23. The summed E-state index contributed by atoms with van der Waals surface area (Å²) in [4.78, 5) is 10.6. The summed E-state index contributed by atoms with van der Waals surface area (Å²) < 4.78 is 5.33. The van der Waals surface area contributed by atoms with Gasteiger partial charge in [-0.05, 0) is 25.7 Å². The number of carbonyl (C=O) groups is 1. The highest BCUT2D eigenvalue weighted by Crippen LogP contribution is 2.26. The van der Waals surface area contributed by atoms with Gasteiger partial charge < -0.3 is 9.84 Å². The Morgan fingerprint density at radius 1 is 1.46 bits per heavy atom. The molecule has 1 aliphatic rings. The lowest BCUT2D eigenvalue weighted by atomic mass is 9.87. The Morgan fingerprint density at radius 2 is 2.08 bits per heavy atom. The van der Waals surface area contributed by atoms with Crippen LogP contribution in [0.15, 0.2) is 0 Å². The second-order valence-corrected chi connectivity index (χ2v) is 3.33. The van der Waals surface area contributed by atoms with E-state index in [1.54, 1.807) is 0 Å². The van der Waals surface area contributed by atoms with Crippen molar-refractivity contribution in [2.24, 2.45) is 5.92 Å². The molecule has 0 unspecified atom stereocenters. The summed E-state index contributed by atoms with van der Waals surface area (Å²) in [5.74, 6) is 1.55. The molecule has 0 aromatic carbocycles. The van der Waals surface area contributed by atoms with E-state index in [2.05, 4.69) is 5.92 Å². The van der Waals surface area contributed by atoms with Gasteiger partial charge in [-0.2, -0.15) is 0 Å². The summed E-state index contributed by atoms with van der Waals surface area (Å²) >= 11 is 0. The van der Waals surface area contributed by atoms with E-state index in [1.165, 1.54) is 0 Å². The molecule has 0 bridgehead atoms. The van der Waals surface area contributed by atoms with Crippen LogP contribution in [0.4, 0.5) is 0 Å². The van der Waals surface area contributed by atoms with Crippen LogP contribution >= 0.6 is 0 Å². The second kappa shape index (κ2) is 4.88. The molecule has 1 fully saturated rings. The van der Waals surface area contributed by atoms with E-state index in [1.807, 2.05) is 0 Å². The predicted molar refractivity (Wildman–Crippen MR) is 48.2 cm³/mol. The zero-order valence-electron chi connectivity index (χ0n) is 7.53. The van der Waals surface area contributed by atoms with Crippen LogP contribution in [-0.4, -0.2) is 23.8 Å². The Morgan fingerprint density at radius 3 is 2.54 bits per heavy atom. The van der Waals surface area contributed by atoms with Gasteiger partial charge in [0, 0.05) is 0 Å². The van der Waals surface area contributed by atoms with Crippen molar-refractivity contribution in [1.82, 2.24) is 0 Å². The van der Waals surface area contributed by atoms with Gasteiger partial charge in [0.25, 0.3) is 0 Å². The first-order chi connectivity index (χ1) is 6.24. The predicted octanol–water partition coefficient (Wildman–Crippen LogP) is 1.28. The monoisotopic (exact) mass is 182 g/mol. The lowest BCUT2D eigenvalue weighted by molar-refractivity contribution is -0.143. The molecule has 3 nitrogen and oxygen atoms in total. The van der Waals surface area contributed by atoms with E-state index in [0.29, 0.717) is 19.4 Å². The Kier molecular flexibility index (Phi) is 3.78. The van der Waals surface area contributed by atoms with E-state index in [0.717, 1.165) is 12.8 Å². The van der Waals surface area contributed by atoms with Crippen LogP contribution in [0.3, 0.4) is 0 Å². The number of carboxylic acids is 1. The van der Waals surface area contributed by atoms with Gasteiger partial charge in [0.1, 0.15) is 6.61 Å². The van der Waals surface area contributed by atoms with Crippen LogP contribution in [0, 0.1) is 18.3 Å². The number of aliphatic carboxylic acids is 1. The normalized spacial score (nSPS) is 27.9. The summed E-state index contributed by atoms with van der Waals surface area (Å²) in [5, 5.41) is 8.73. The van der Waals surface area contributed by atoms with Gasteiger partial charge in [-0.15, -0.1) is 6.42 Å². The molecule has 1 aliphatic carbocycles. The van der Waals surface area contributed by atoms with E-state index in [-0.39, 0.29) is 12.0 Å². The summed E-state index contributed by atoms with van der Waals surface area (Å²) in [6.45, 7) is 0.336. The third-order valence-corrected chi connectivity index (χ3v) is 2.43. The van der Waals surface area contributed by atoms with Gasteiger partial charge >= 0.3 is 5.97 Å². The first-order valence-electron chi connectivity index (χ1n) is 4.52. The maximum Gasteiger partial charge on any atom is 0.306 e. The molecule has 0 aliphatic heterocycles. The fourth-order valence-corrected chi connectivity index (χ4v) is 1.64.